The third kappa shape index (κ3) is 3.68. The Labute approximate surface area is 161 Å². The second-order valence-corrected chi connectivity index (χ2v) is 6.39. The maximum atomic E-state index is 12.2. The number of amides is 1. The predicted molar refractivity (Wildman–Crippen MR) is 104 cm³/mol. The van der Waals surface area contributed by atoms with Crippen LogP contribution in [-0.2, 0) is 11.2 Å². The largest absolute Gasteiger partial charge is 0.457 e. The summed E-state index contributed by atoms with van der Waals surface area (Å²) in [5, 5.41) is 7.45. The Morgan fingerprint density at radius 2 is 1.93 bits per heavy atom. The van der Waals surface area contributed by atoms with Gasteiger partial charge in [0, 0.05) is 24.2 Å². The summed E-state index contributed by atoms with van der Waals surface area (Å²) in [6.07, 6.45) is 5.35. The Bertz CT molecular complexity index is 1130. The Hall–Kier alpha value is -3.74. The van der Waals surface area contributed by atoms with Gasteiger partial charge in [0.1, 0.15) is 17.3 Å². The third-order valence-corrected chi connectivity index (χ3v) is 4.43. The van der Waals surface area contributed by atoms with E-state index in [0.717, 1.165) is 22.0 Å². The Morgan fingerprint density at radius 1 is 1.11 bits per heavy atom. The molecule has 0 spiro atoms. The van der Waals surface area contributed by atoms with E-state index in [9.17, 15) is 4.79 Å². The van der Waals surface area contributed by atoms with Crippen molar-refractivity contribution in [2.24, 2.45) is 0 Å². The molecule has 3 heterocycles. The molecule has 0 atom stereocenters. The maximum Gasteiger partial charge on any atom is 0.230 e. The number of anilines is 1. The van der Waals surface area contributed by atoms with Gasteiger partial charge in [-0.15, -0.1) is 0 Å². The molecule has 4 rings (SSSR count). The number of nitrogens with one attached hydrogen (secondary N) is 1. The fourth-order valence-corrected chi connectivity index (χ4v) is 2.75. The number of rotatable bonds is 5. The fraction of sp³-hybridized carbons (Fsp3) is 0.143. The van der Waals surface area contributed by atoms with E-state index >= 15 is 0 Å². The molecule has 0 unspecified atom stereocenters. The number of carbonyl (C=O) groups is 1. The summed E-state index contributed by atoms with van der Waals surface area (Å²) in [6, 6.07) is 11.0. The van der Waals surface area contributed by atoms with Crippen LogP contribution in [0.2, 0.25) is 0 Å². The van der Waals surface area contributed by atoms with Crippen LogP contribution in [0, 0.1) is 13.8 Å². The van der Waals surface area contributed by atoms with E-state index in [0.29, 0.717) is 23.1 Å². The SMILES string of the molecule is Cc1onc(NC(=O)Cc2ccc(Oc3ccnc4ccncc34)cc2)c1C. The molecule has 140 valence electrons. The van der Waals surface area contributed by atoms with Gasteiger partial charge in [-0.1, -0.05) is 17.3 Å². The second kappa shape index (κ2) is 7.48. The smallest absolute Gasteiger partial charge is 0.230 e. The molecule has 28 heavy (non-hydrogen) atoms. The lowest BCUT2D eigenvalue weighted by Crippen LogP contribution is -2.15. The first-order chi connectivity index (χ1) is 13.6. The van der Waals surface area contributed by atoms with Crippen molar-refractivity contribution in [1.29, 1.82) is 0 Å². The lowest BCUT2D eigenvalue weighted by atomic mass is 10.1. The molecule has 0 saturated carbocycles. The molecule has 1 amide bonds. The molecule has 3 aromatic heterocycles. The number of pyridine rings is 2. The number of fused-ring (bicyclic) bond motifs is 1. The molecular formula is C21H18N4O3. The Kier molecular flexibility index (Phi) is 4.72. The normalized spacial score (nSPS) is 10.8. The molecule has 4 aromatic rings. The Morgan fingerprint density at radius 3 is 2.68 bits per heavy atom. The van der Waals surface area contributed by atoms with Gasteiger partial charge in [-0.3, -0.25) is 14.8 Å². The zero-order valence-electron chi connectivity index (χ0n) is 15.5. The Balaban J connectivity index is 1.43. The zero-order valence-corrected chi connectivity index (χ0v) is 15.5. The van der Waals surface area contributed by atoms with Crippen molar-refractivity contribution >= 4 is 22.6 Å². The summed E-state index contributed by atoms with van der Waals surface area (Å²) in [5.74, 6) is 2.34. The van der Waals surface area contributed by atoms with E-state index in [-0.39, 0.29) is 12.3 Å². The van der Waals surface area contributed by atoms with E-state index in [1.54, 1.807) is 31.6 Å². The third-order valence-electron chi connectivity index (χ3n) is 4.43. The average molecular weight is 374 g/mol. The van der Waals surface area contributed by atoms with E-state index in [4.69, 9.17) is 9.26 Å². The fourth-order valence-electron chi connectivity index (χ4n) is 2.75. The number of carbonyl (C=O) groups excluding carboxylic acids is 1. The summed E-state index contributed by atoms with van der Waals surface area (Å²) in [5.41, 5.74) is 2.51. The van der Waals surface area contributed by atoms with Crippen LogP contribution in [0.25, 0.3) is 10.9 Å². The van der Waals surface area contributed by atoms with Crippen LogP contribution in [0.4, 0.5) is 5.82 Å². The molecule has 0 radical (unpaired) electrons. The molecule has 1 aromatic carbocycles. The number of ether oxygens (including phenoxy) is 1. The monoisotopic (exact) mass is 374 g/mol. The van der Waals surface area contributed by atoms with Crippen LogP contribution in [0.1, 0.15) is 16.9 Å². The van der Waals surface area contributed by atoms with Crippen LogP contribution < -0.4 is 10.1 Å². The molecule has 1 N–H and O–H groups in total. The molecule has 0 aliphatic rings. The second-order valence-electron chi connectivity index (χ2n) is 6.39. The number of hydrogen-bond acceptors (Lipinski definition) is 6. The molecule has 0 bridgehead atoms. The summed E-state index contributed by atoms with van der Waals surface area (Å²) >= 11 is 0. The predicted octanol–water partition coefficient (Wildman–Crippen LogP) is 4.21. The first-order valence-electron chi connectivity index (χ1n) is 8.78. The average Bonchev–Trinajstić information content (AvgIpc) is 3.02. The zero-order chi connectivity index (χ0) is 19.5. The topological polar surface area (TPSA) is 90.1 Å². The van der Waals surface area contributed by atoms with Gasteiger partial charge in [-0.25, -0.2) is 0 Å². The summed E-state index contributed by atoms with van der Waals surface area (Å²) in [7, 11) is 0. The van der Waals surface area contributed by atoms with Gasteiger partial charge in [0.05, 0.1) is 17.3 Å². The number of aryl methyl sites for hydroxylation is 1. The van der Waals surface area contributed by atoms with Crippen LogP contribution in [0.3, 0.4) is 0 Å². The van der Waals surface area contributed by atoms with Crippen molar-refractivity contribution in [1.82, 2.24) is 15.1 Å². The first kappa shape index (κ1) is 17.7. The molecule has 0 fully saturated rings. The van der Waals surface area contributed by atoms with E-state index < -0.39 is 0 Å². The van der Waals surface area contributed by atoms with Crippen molar-refractivity contribution < 1.29 is 14.1 Å². The van der Waals surface area contributed by atoms with Gasteiger partial charge >= 0.3 is 0 Å². The van der Waals surface area contributed by atoms with Gasteiger partial charge in [-0.05, 0) is 43.7 Å². The van der Waals surface area contributed by atoms with Gasteiger partial charge < -0.3 is 14.6 Å². The maximum absolute atomic E-state index is 12.2. The van der Waals surface area contributed by atoms with Crippen LogP contribution >= 0.6 is 0 Å². The molecule has 7 heteroatoms. The molecule has 0 aliphatic carbocycles. The number of aromatic nitrogens is 3. The van der Waals surface area contributed by atoms with E-state index in [2.05, 4.69) is 20.4 Å². The highest BCUT2D eigenvalue weighted by molar-refractivity contribution is 5.92. The summed E-state index contributed by atoms with van der Waals surface area (Å²) < 4.78 is 11.0. The highest BCUT2D eigenvalue weighted by Crippen LogP contribution is 2.28. The van der Waals surface area contributed by atoms with Gasteiger partial charge in [0.25, 0.3) is 0 Å². The summed E-state index contributed by atoms with van der Waals surface area (Å²) in [6.45, 7) is 3.66. The van der Waals surface area contributed by atoms with Gasteiger partial charge in [0.2, 0.25) is 5.91 Å². The van der Waals surface area contributed by atoms with Crippen molar-refractivity contribution in [3.8, 4) is 11.5 Å². The highest BCUT2D eigenvalue weighted by atomic mass is 16.5. The van der Waals surface area contributed by atoms with Crippen molar-refractivity contribution in [2.45, 2.75) is 20.3 Å². The van der Waals surface area contributed by atoms with Crippen molar-refractivity contribution in [2.75, 3.05) is 5.32 Å². The lowest BCUT2D eigenvalue weighted by molar-refractivity contribution is -0.115. The minimum atomic E-state index is -0.156. The first-order valence-corrected chi connectivity index (χ1v) is 8.78. The highest BCUT2D eigenvalue weighted by Gasteiger charge is 2.12. The molecular weight excluding hydrogens is 356 g/mol. The van der Waals surface area contributed by atoms with Crippen molar-refractivity contribution in [3.05, 3.63) is 71.9 Å². The van der Waals surface area contributed by atoms with Crippen LogP contribution in [-0.4, -0.2) is 21.0 Å². The van der Waals surface area contributed by atoms with Crippen LogP contribution in [0.15, 0.2) is 59.5 Å². The van der Waals surface area contributed by atoms with Crippen molar-refractivity contribution in [3.63, 3.8) is 0 Å². The van der Waals surface area contributed by atoms with E-state index in [1.165, 1.54) is 0 Å². The molecule has 0 aliphatic heterocycles. The van der Waals surface area contributed by atoms with Crippen LogP contribution in [0.5, 0.6) is 11.5 Å². The standard InChI is InChI=1S/C21H18N4O3/c1-13-14(2)28-25-21(13)24-20(26)11-15-3-5-16(6-4-15)27-19-8-10-23-18-7-9-22-12-17(18)19/h3-10,12H,11H2,1-2H3,(H,24,25,26). The minimum absolute atomic E-state index is 0.156. The lowest BCUT2D eigenvalue weighted by Gasteiger charge is -2.09. The summed E-state index contributed by atoms with van der Waals surface area (Å²) in [4.78, 5) is 20.7. The van der Waals surface area contributed by atoms with Gasteiger partial charge in [-0.2, -0.15) is 0 Å². The minimum Gasteiger partial charge on any atom is -0.457 e. The number of hydrogen-bond donors (Lipinski definition) is 1. The molecule has 7 nitrogen and oxygen atoms in total. The quantitative estimate of drug-likeness (QED) is 0.563. The van der Waals surface area contributed by atoms with Gasteiger partial charge in [0.15, 0.2) is 5.82 Å². The molecule has 0 saturated heterocycles. The number of benzene rings is 1. The van der Waals surface area contributed by atoms with E-state index in [1.807, 2.05) is 37.3 Å². The number of nitrogens with zero attached hydrogens (tertiary/aromatic N) is 3.